The van der Waals surface area contributed by atoms with Crippen LogP contribution >= 0.6 is 0 Å². The SMILES string of the molecule is CCCCCCCCCCCCCC=CC=CC(O)=C(O)C(=O)O. The minimum Gasteiger partial charge on any atom is -0.504 e. The van der Waals surface area contributed by atoms with Crippen LogP contribution in [0.25, 0.3) is 0 Å². The molecule has 0 rings (SSSR count). The maximum atomic E-state index is 10.4. The second kappa shape index (κ2) is 16.2. The topological polar surface area (TPSA) is 77.8 Å². The van der Waals surface area contributed by atoms with Crippen molar-refractivity contribution in [2.75, 3.05) is 0 Å². The fraction of sp³-hybridized carbons (Fsp3) is 0.650. The van der Waals surface area contributed by atoms with Crippen molar-refractivity contribution in [1.29, 1.82) is 0 Å². The summed E-state index contributed by atoms with van der Waals surface area (Å²) in [4.78, 5) is 10.4. The Hall–Kier alpha value is -1.71. The highest BCUT2D eigenvalue weighted by atomic mass is 16.4. The molecule has 0 saturated heterocycles. The van der Waals surface area contributed by atoms with Crippen LogP contribution in [0.3, 0.4) is 0 Å². The predicted molar refractivity (Wildman–Crippen MR) is 99.3 cm³/mol. The molecular weight excluding hydrogens is 304 g/mol. The van der Waals surface area contributed by atoms with E-state index < -0.39 is 17.5 Å². The first-order valence-electron chi connectivity index (χ1n) is 9.28. The molecule has 0 spiro atoms. The van der Waals surface area contributed by atoms with Gasteiger partial charge in [-0.05, 0) is 18.9 Å². The smallest absolute Gasteiger partial charge is 0.374 e. The van der Waals surface area contributed by atoms with Gasteiger partial charge in [0.15, 0.2) is 5.76 Å². The quantitative estimate of drug-likeness (QED) is 0.143. The summed E-state index contributed by atoms with van der Waals surface area (Å²) in [6.45, 7) is 2.25. The van der Waals surface area contributed by atoms with Crippen molar-refractivity contribution in [2.24, 2.45) is 0 Å². The van der Waals surface area contributed by atoms with Gasteiger partial charge in [-0.2, -0.15) is 0 Å². The number of carboxylic acids is 1. The number of aliphatic hydroxyl groups excluding tert-OH is 2. The second-order valence-electron chi connectivity index (χ2n) is 6.15. The Labute approximate surface area is 146 Å². The Morgan fingerprint density at radius 1 is 0.750 bits per heavy atom. The molecule has 0 unspecified atom stereocenters. The van der Waals surface area contributed by atoms with Crippen LogP contribution in [0, 0.1) is 0 Å². The first kappa shape index (κ1) is 22.3. The molecule has 0 radical (unpaired) electrons. The average molecular weight is 338 g/mol. The summed E-state index contributed by atoms with van der Waals surface area (Å²) >= 11 is 0. The maximum absolute atomic E-state index is 10.4. The van der Waals surface area contributed by atoms with Crippen molar-refractivity contribution < 1.29 is 20.1 Å². The van der Waals surface area contributed by atoms with Crippen LogP contribution in [-0.4, -0.2) is 21.3 Å². The van der Waals surface area contributed by atoms with Gasteiger partial charge < -0.3 is 15.3 Å². The normalized spacial score (nSPS) is 12.9. The van der Waals surface area contributed by atoms with Crippen molar-refractivity contribution in [3.05, 3.63) is 35.8 Å². The Bertz CT molecular complexity index is 408. The highest BCUT2D eigenvalue weighted by molar-refractivity contribution is 5.84. The van der Waals surface area contributed by atoms with E-state index in [4.69, 9.17) is 10.2 Å². The molecular formula is C20H34O4. The zero-order chi connectivity index (χ0) is 18.0. The van der Waals surface area contributed by atoms with E-state index in [1.54, 1.807) is 6.08 Å². The first-order chi connectivity index (χ1) is 11.6. The number of aliphatic carboxylic acids is 1. The summed E-state index contributed by atoms with van der Waals surface area (Å²) in [6.07, 6.45) is 21.9. The van der Waals surface area contributed by atoms with Crippen LogP contribution in [0.15, 0.2) is 35.8 Å². The summed E-state index contributed by atoms with van der Waals surface area (Å²) in [7, 11) is 0. The molecule has 0 fully saturated rings. The number of unbranched alkanes of at least 4 members (excludes halogenated alkanes) is 11. The molecule has 0 aliphatic heterocycles. The van der Waals surface area contributed by atoms with Gasteiger partial charge in [-0.3, -0.25) is 0 Å². The van der Waals surface area contributed by atoms with Crippen LogP contribution in [-0.2, 0) is 4.79 Å². The minimum absolute atomic E-state index is 0.637. The minimum atomic E-state index is -1.54. The van der Waals surface area contributed by atoms with Gasteiger partial charge >= 0.3 is 5.97 Å². The van der Waals surface area contributed by atoms with E-state index in [-0.39, 0.29) is 0 Å². The molecule has 0 aliphatic rings. The lowest BCUT2D eigenvalue weighted by atomic mass is 10.1. The highest BCUT2D eigenvalue weighted by Crippen LogP contribution is 2.12. The number of carboxylic acid groups (broad SMARTS) is 1. The molecule has 0 aromatic carbocycles. The van der Waals surface area contributed by atoms with Gasteiger partial charge in [-0.15, -0.1) is 0 Å². The number of aliphatic hydroxyl groups is 2. The van der Waals surface area contributed by atoms with E-state index in [1.165, 1.54) is 76.4 Å². The molecule has 138 valence electrons. The van der Waals surface area contributed by atoms with Crippen LogP contribution in [0.2, 0.25) is 0 Å². The van der Waals surface area contributed by atoms with E-state index in [0.717, 1.165) is 12.8 Å². The molecule has 3 N–H and O–H groups in total. The molecule has 4 heteroatoms. The molecule has 0 saturated carbocycles. The zero-order valence-electron chi connectivity index (χ0n) is 15.0. The molecule has 0 bridgehead atoms. The van der Waals surface area contributed by atoms with Crippen LogP contribution < -0.4 is 0 Å². The predicted octanol–water partition coefficient (Wildman–Crippen LogP) is 6.21. The zero-order valence-corrected chi connectivity index (χ0v) is 15.0. The molecule has 24 heavy (non-hydrogen) atoms. The largest absolute Gasteiger partial charge is 0.504 e. The van der Waals surface area contributed by atoms with Crippen molar-refractivity contribution >= 4 is 5.97 Å². The van der Waals surface area contributed by atoms with Crippen molar-refractivity contribution in [2.45, 2.75) is 84.0 Å². The standard InChI is InChI=1S/C20H34O4/c1-2-3-4-5-6-7-8-9-10-11-12-13-14-15-16-17-18(21)19(22)20(23)24/h14-17,21-22H,2-13H2,1H3,(H,23,24). The number of hydrogen-bond donors (Lipinski definition) is 3. The van der Waals surface area contributed by atoms with Crippen molar-refractivity contribution in [3.63, 3.8) is 0 Å². The Balaban J connectivity index is 3.47. The van der Waals surface area contributed by atoms with Gasteiger partial charge in [0.05, 0.1) is 0 Å². The summed E-state index contributed by atoms with van der Waals surface area (Å²) < 4.78 is 0. The van der Waals surface area contributed by atoms with Crippen molar-refractivity contribution in [1.82, 2.24) is 0 Å². The van der Waals surface area contributed by atoms with Gasteiger partial charge in [0.25, 0.3) is 0 Å². The van der Waals surface area contributed by atoms with Gasteiger partial charge in [0, 0.05) is 0 Å². The Kier molecular flexibility index (Phi) is 15.0. The van der Waals surface area contributed by atoms with Crippen LogP contribution in [0.4, 0.5) is 0 Å². The van der Waals surface area contributed by atoms with Gasteiger partial charge in [0.2, 0.25) is 5.76 Å². The third-order valence-corrected chi connectivity index (χ3v) is 3.92. The van der Waals surface area contributed by atoms with E-state index in [2.05, 4.69) is 6.92 Å². The van der Waals surface area contributed by atoms with Crippen LogP contribution in [0.5, 0.6) is 0 Å². The van der Waals surface area contributed by atoms with Crippen molar-refractivity contribution in [3.8, 4) is 0 Å². The maximum Gasteiger partial charge on any atom is 0.374 e. The number of allylic oxidation sites excluding steroid dienone is 4. The van der Waals surface area contributed by atoms with Crippen LogP contribution in [0.1, 0.15) is 84.0 Å². The summed E-state index contributed by atoms with van der Waals surface area (Å²) in [5.74, 6) is -3.21. The molecule has 0 aromatic heterocycles. The third kappa shape index (κ3) is 13.9. The first-order valence-corrected chi connectivity index (χ1v) is 9.28. The van der Waals surface area contributed by atoms with E-state index in [9.17, 15) is 9.90 Å². The molecule has 0 aromatic rings. The summed E-state index contributed by atoms with van der Waals surface area (Å²) in [5.41, 5.74) is 0. The fourth-order valence-corrected chi connectivity index (χ4v) is 2.44. The lowest BCUT2D eigenvalue weighted by Crippen LogP contribution is -2.02. The van der Waals surface area contributed by atoms with E-state index in [1.807, 2.05) is 6.08 Å². The molecule has 4 nitrogen and oxygen atoms in total. The Morgan fingerprint density at radius 3 is 1.75 bits per heavy atom. The molecule has 0 heterocycles. The molecule has 0 aliphatic carbocycles. The number of carbonyl (C=O) groups is 1. The monoisotopic (exact) mass is 338 g/mol. The highest BCUT2D eigenvalue weighted by Gasteiger charge is 2.08. The van der Waals surface area contributed by atoms with E-state index in [0.29, 0.717) is 0 Å². The molecule has 0 atom stereocenters. The third-order valence-electron chi connectivity index (χ3n) is 3.92. The van der Waals surface area contributed by atoms with Gasteiger partial charge in [-0.25, -0.2) is 4.79 Å². The van der Waals surface area contributed by atoms with Gasteiger partial charge in [0.1, 0.15) is 0 Å². The number of hydrogen-bond acceptors (Lipinski definition) is 3. The lowest BCUT2D eigenvalue weighted by Gasteiger charge is -2.01. The summed E-state index contributed by atoms with van der Waals surface area (Å²) in [5, 5.41) is 26.6. The Morgan fingerprint density at radius 2 is 1.25 bits per heavy atom. The van der Waals surface area contributed by atoms with E-state index >= 15 is 0 Å². The van der Waals surface area contributed by atoms with Gasteiger partial charge in [-0.1, -0.05) is 89.4 Å². The fourth-order valence-electron chi connectivity index (χ4n) is 2.44. The lowest BCUT2D eigenvalue weighted by molar-refractivity contribution is -0.135. The number of rotatable bonds is 15. The second-order valence-corrected chi connectivity index (χ2v) is 6.15. The summed E-state index contributed by atoms with van der Waals surface area (Å²) in [6, 6.07) is 0. The molecule has 0 amide bonds. The average Bonchev–Trinajstić information content (AvgIpc) is 2.57.